The van der Waals surface area contributed by atoms with Crippen molar-refractivity contribution in [1.29, 1.82) is 0 Å². The number of rotatable bonds is 7. The molecule has 7 unspecified atom stereocenters. The lowest BCUT2D eigenvalue weighted by Gasteiger charge is -2.43. The molecule has 3 heterocycles. The first-order valence-corrected chi connectivity index (χ1v) is 16.2. The van der Waals surface area contributed by atoms with Crippen molar-refractivity contribution in [2.24, 2.45) is 29.6 Å². The normalized spacial score (nSPS) is 28.5. The number of imide groups is 1. The van der Waals surface area contributed by atoms with E-state index in [1.165, 1.54) is 9.47 Å². The van der Waals surface area contributed by atoms with Gasteiger partial charge in [0.25, 0.3) is 0 Å². The maximum atomic E-state index is 14.0. The molecular formula is C32H32N2O7S2. The predicted molar refractivity (Wildman–Crippen MR) is 162 cm³/mol. The Morgan fingerprint density at radius 3 is 2.33 bits per heavy atom. The van der Waals surface area contributed by atoms with Gasteiger partial charge in [0.1, 0.15) is 6.54 Å². The van der Waals surface area contributed by atoms with Crippen LogP contribution in [0.1, 0.15) is 35.3 Å². The molecule has 3 fully saturated rings. The van der Waals surface area contributed by atoms with Gasteiger partial charge in [0.15, 0.2) is 11.5 Å². The van der Waals surface area contributed by atoms with Crippen molar-refractivity contribution in [3.05, 3.63) is 68.1 Å². The lowest BCUT2D eigenvalue weighted by atomic mass is 9.68. The Hall–Kier alpha value is -3.57. The molecule has 7 rings (SSSR count). The summed E-state index contributed by atoms with van der Waals surface area (Å²) in [7, 11) is 3.17. The van der Waals surface area contributed by atoms with Crippen molar-refractivity contribution in [1.82, 2.24) is 4.57 Å². The molecule has 2 saturated carbocycles. The second-order valence-electron chi connectivity index (χ2n) is 11.6. The van der Waals surface area contributed by atoms with Crippen molar-refractivity contribution in [2.45, 2.75) is 43.0 Å². The molecule has 224 valence electrons. The number of benzene rings is 2. The highest BCUT2D eigenvalue weighted by Crippen LogP contribution is 2.69. The predicted octanol–water partition coefficient (Wildman–Crippen LogP) is 4.48. The van der Waals surface area contributed by atoms with Gasteiger partial charge < -0.3 is 14.2 Å². The third kappa shape index (κ3) is 4.18. The Morgan fingerprint density at radius 1 is 0.953 bits per heavy atom. The minimum absolute atomic E-state index is 0.00555. The number of hydrogen-bond donors (Lipinski definition) is 0. The van der Waals surface area contributed by atoms with E-state index in [1.54, 1.807) is 32.9 Å². The van der Waals surface area contributed by atoms with Crippen LogP contribution in [0.4, 0.5) is 5.69 Å². The number of anilines is 1. The molecule has 3 aromatic rings. The Bertz CT molecular complexity index is 1700. The standard InChI is InChI=1S/C32H32N2O7S2/c1-5-41-22(35)14-33-31-28(43-32(33)38)23(16-8-11-20(39-3)21(12-16)40-4)24-18-13-19(27(24)42-31)26-25(18)29(36)34(30(26)37)17-9-6-15(2)7-10-17/h6-12,18-19,23-27H,5,13-14H2,1-4H3. The Balaban J connectivity index is 1.34. The molecule has 11 heteroatoms. The van der Waals surface area contributed by atoms with E-state index in [2.05, 4.69) is 0 Å². The zero-order chi connectivity index (χ0) is 30.2. The second-order valence-corrected chi connectivity index (χ2v) is 13.8. The van der Waals surface area contributed by atoms with E-state index >= 15 is 0 Å². The van der Waals surface area contributed by atoms with Gasteiger partial charge in [0.2, 0.25) is 11.8 Å². The first-order valence-electron chi connectivity index (χ1n) is 14.5. The molecule has 2 amide bonds. The molecule has 2 aromatic carbocycles. The summed E-state index contributed by atoms with van der Waals surface area (Å²) in [5, 5.41) is 0.745. The van der Waals surface area contributed by atoms with E-state index in [4.69, 9.17) is 14.2 Å². The molecule has 4 aliphatic rings. The first kappa shape index (κ1) is 28.2. The summed E-state index contributed by atoms with van der Waals surface area (Å²) in [4.78, 5) is 55.9. The lowest BCUT2D eigenvalue weighted by Crippen LogP contribution is -2.43. The van der Waals surface area contributed by atoms with Gasteiger partial charge in [0, 0.05) is 16.0 Å². The smallest absolute Gasteiger partial charge is 0.326 e. The van der Waals surface area contributed by atoms with Crippen LogP contribution in [0.15, 0.2) is 52.3 Å². The number of thiazole rings is 1. The molecule has 0 spiro atoms. The van der Waals surface area contributed by atoms with Crippen molar-refractivity contribution in [3.8, 4) is 11.5 Å². The number of methoxy groups -OCH3 is 2. The molecule has 7 atom stereocenters. The van der Waals surface area contributed by atoms with E-state index in [0.29, 0.717) is 17.2 Å². The van der Waals surface area contributed by atoms with Gasteiger partial charge in [0.05, 0.1) is 43.4 Å². The minimum Gasteiger partial charge on any atom is -0.493 e. The minimum atomic E-state index is -0.464. The number of aromatic nitrogens is 1. The Morgan fingerprint density at radius 2 is 1.65 bits per heavy atom. The fourth-order valence-electron chi connectivity index (χ4n) is 7.96. The fourth-order valence-corrected chi connectivity index (χ4v) is 11.1. The zero-order valence-corrected chi connectivity index (χ0v) is 25.9. The number of aryl methyl sites for hydroxylation is 1. The van der Waals surface area contributed by atoms with Crippen molar-refractivity contribution in [3.63, 3.8) is 0 Å². The number of thioether (sulfide) groups is 1. The van der Waals surface area contributed by atoms with Crippen molar-refractivity contribution in [2.75, 3.05) is 25.7 Å². The summed E-state index contributed by atoms with van der Waals surface area (Å²) in [6, 6.07) is 13.3. The Kier molecular flexibility index (Phi) is 6.92. The average Bonchev–Trinajstić information content (AvgIpc) is 3.72. The van der Waals surface area contributed by atoms with Crippen molar-refractivity contribution < 1.29 is 28.6 Å². The van der Waals surface area contributed by atoms with Gasteiger partial charge in [-0.25, -0.2) is 0 Å². The van der Waals surface area contributed by atoms with E-state index < -0.39 is 17.8 Å². The molecule has 2 aliphatic carbocycles. The summed E-state index contributed by atoms with van der Waals surface area (Å²) in [5.41, 5.74) is 2.63. The summed E-state index contributed by atoms with van der Waals surface area (Å²) in [5.74, 6) is -0.595. The van der Waals surface area contributed by atoms with Crippen LogP contribution >= 0.6 is 23.1 Å². The number of carbonyl (C=O) groups is 3. The van der Waals surface area contributed by atoms with Gasteiger partial charge >= 0.3 is 10.8 Å². The monoisotopic (exact) mass is 620 g/mol. The quantitative estimate of drug-likeness (QED) is 0.282. The average molecular weight is 621 g/mol. The molecule has 1 saturated heterocycles. The number of nitrogens with zero attached hydrogens (tertiary/aromatic N) is 2. The van der Waals surface area contributed by atoms with Crippen LogP contribution in [0.5, 0.6) is 11.5 Å². The van der Waals surface area contributed by atoms with Gasteiger partial charge in [-0.2, -0.15) is 0 Å². The lowest BCUT2D eigenvalue weighted by molar-refractivity contribution is -0.144. The van der Waals surface area contributed by atoms with Crippen molar-refractivity contribution >= 4 is 46.6 Å². The number of carbonyl (C=O) groups excluding carboxylic acids is 3. The van der Waals surface area contributed by atoms with Gasteiger partial charge in [-0.1, -0.05) is 35.1 Å². The van der Waals surface area contributed by atoms with Crippen LogP contribution in [-0.4, -0.2) is 48.4 Å². The number of hydrogen-bond acceptors (Lipinski definition) is 9. The SMILES string of the molecule is CCOC(=O)Cn1c2c(sc1=O)C(c1ccc(OC)c(OC)c1)C1C3CC(C1S2)C1C(=O)N(c2ccc(C)cc2)C(=O)C31. The first-order chi connectivity index (χ1) is 20.8. The van der Waals surface area contributed by atoms with Gasteiger partial charge in [-0.15, -0.1) is 11.8 Å². The van der Waals surface area contributed by atoms with Crippen LogP contribution in [-0.2, 0) is 25.7 Å². The molecule has 43 heavy (non-hydrogen) atoms. The van der Waals surface area contributed by atoms with E-state index in [9.17, 15) is 19.2 Å². The molecular weight excluding hydrogens is 588 g/mol. The maximum absolute atomic E-state index is 14.0. The largest absolute Gasteiger partial charge is 0.493 e. The highest BCUT2D eigenvalue weighted by atomic mass is 32.2. The Labute approximate surface area is 257 Å². The zero-order valence-electron chi connectivity index (χ0n) is 24.3. The van der Waals surface area contributed by atoms with Gasteiger partial charge in [-0.3, -0.25) is 28.6 Å². The van der Waals surface area contributed by atoms with Gasteiger partial charge in [-0.05, 0) is 67.9 Å². The third-order valence-corrected chi connectivity index (χ3v) is 12.4. The number of amides is 2. The maximum Gasteiger partial charge on any atom is 0.326 e. The molecule has 2 aliphatic heterocycles. The summed E-state index contributed by atoms with van der Waals surface area (Å²) in [6.45, 7) is 3.78. The van der Waals surface area contributed by atoms with Crippen LogP contribution in [0.25, 0.3) is 0 Å². The topological polar surface area (TPSA) is 104 Å². The van der Waals surface area contributed by atoms with Crippen LogP contribution in [0, 0.1) is 36.5 Å². The van der Waals surface area contributed by atoms with E-state index in [0.717, 1.165) is 38.8 Å². The van der Waals surface area contributed by atoms with Crippen LogP contribution in [0.3, 0.4) is 0 Å². The second kappa shape index (κ2) is 10.6. The number of fused-ring (bicyclic) bond motifs is 9. The molecule has 1 aromatic heterocycles. The number of esters is 1. The fraction of sp³-hybridized carbons (Fsp3) is 0.438. The molecule has 0 radical (unpaired) electrons. The molecule has 0 N–H and O–H groups in total. The third-order valence-electron chi connectivity index (χ3n) is 9.60. The molecule has 2 bridgehead atoms. The van der Waals surface area contributed by atoms with E-state index in [-0.39, 0.29) is 58.8 Å². The summed E-state index contributed by atoms with van der Waals surface area (Å²) < 4.78 is 17.9. The highest BCUT2D eigenvalue weighted by Gasteiger charge is 2.69. The summed E-state index contributed by atoms with van der Waals surface area (Å²) >= 11 is 2.74. The van der Waals surface area contributed by atoms with E-state index in [1.807, 2.05) is 49.4 Å². The van der Waals surface area contributed by atoms with Crippen LogP contribution < -0.4 is 19.2 Å². The highest BCUT2D eigenvalue weighted by molar-refractivity contribution is 8.00. The van der Waals surface area contributed by atoms with Crippen LogP contribution in [0.2, 0.25) is 0 Å². The number of ether oxygens (including phenoxy) is 3. The summed E-state index contributed by atoms with van der Waals surface area (Å²) in [6.07, 6.45) is 0.776. The molecule has 9 nitrogen and oxygen atoms in total.